The number of nitrogens with one attached hydrogen (secondary N) is 1. The normalized spacial score (nSPS) is 12.7. The average molecular weight is 1080 g/mol. The van der Waals surface area contributed by atoms with E-state index in [1.54, 1.807) is 6.08 Å². The monoisotopic (exact) mass is 1080 g/mol. The Morgan fingerprint density at radius 3 is 0.922 bits per heavy atom. The van der Waals surface area contributed by atoms with Crippen LogP contribution in [0.15, 0.2) is 36.5 Å². The second kappa shape index (κ2) is 66.6. The molecule has 0 rings (SSSR count). The van der Waals surface area contributed by atoms with Gasteiger partial charge < -0.3 is 20.3 Å². The summed E-state index contributed by atoms with van der Waals surface area (Å²) >= 11 is 0. The predicted molar refractivity (Wildman–Crippen MR) is 338 cm³/mol. The molecule has 0 saturated carbocycles. The van der Waals surface area contributed by atoms with E-state index in [4.69, 9.17) is 4.74 Å². The van der Waals surface area contributed by atoms with Gasteiger partial charge >= 0.3 is 5.97 Å². The zero-order valence-electron chi connectivity index (χ0n) is 52.0. The van der Waals surface area contributed by atoms with Gasteiger partial charge in [0.1, 0.15) is 0 Å². The molecular formula is C71H135NO5. The summed E-state index contributed by atoms with van der Waals surface area (Å²) in [5.74, 6) is -0.0542. The molecule has 454 valence electrons. The maximum atomic E-state index is 12.5. The van der Waals surface area contributed by atoms with Gasteiger partial charge in [-0.25, -0.2) is 0 Å². The molecule has 0 aliphatic rings. The number of amides is 1. The minimum absolute atomic E-state index is 0.0139. The van der Waals surface area contributed by atoms with E-state index in [0.29, 0.717) is 19.4 Å². The van der Waals surface area contributed by atoms with Crippen molar-refractivity contribution in [3.63, 3.8) is 0 Å². The molecule has 0 aromatic rings. The Morgan fingerprint density at radius 1 is 0.351 bits per heavy atom. The fraction of sp³-hybridized carbons (Fsp3) is 0.887. The molecule has 0 heterocycles. The molecule has 77 heavy (non-hydrogen) atoms. The highest BCUT2D eigenvalue weighted by Crippen LogP contribution is 2.18. The van der Waals surface area contributed by atoms with Crippen molar-refractivity contribution in [1.29, 1.82) is 0 Å². The molecule has 1 amide bonds. The molecule has 0 aliphatic heterocycles. The van der Waals surface area contributed by atoms with Crippen LogP contribution in [-0.2, 0) is 14.3 Å². The van der Waals surface area contributed by atoms with E-state index in [1.165, 1.54) is 308 Å². The first-order valence-electron chi connectivity index (χ1n) is 34.8. The Morgan fingerprint density at radius 2 is 0.610 bits per heavy atom. The zero-order valence-corrected chi connectivity index (χ0v) is 52.0. The number of esters is 1. The Labute approximate surface area is 481 Å². The molecule has 0 saturated heterocycles. The number of rotatable bonds is 65. The highest BCUT2D eigenvalue weighted by molar-refractivity contribution is 5.76. The number of carbonyl (C=O) groups is 2. The first-order chi connectivity index (χ1) is 38.0. The molecule has 0 bridgehead atoms. The van der Waals surface area contributed by atoms with E-state index >= 15 is 0 Å². The molecule has 6 heteroatoms. The Hall–Kier alpha value is -1.92. The van der Waals surface area contributed by atoms with Gasteiger partial charge in [0, 0.05) is 12.8 Å². The number of allylic oxidation sites excluding steroid dienone is 5. The summed E-state index contributed by atoms with van der Waals surface area (Å²) < 4.78 is 5.51. The van der Waals surface area contributed by atoms with Crippen LogP contribution in [0, 0.1) is 0 Å². The van der Waals surface area contributed by atoms with Crippen LogP contribution in [0.5, 0.6) is 0 Å². The SMILES string of the molecule is CCCCCCCC/C=C\CCCCCCCCCCCC(=O)OCCCCCCCCCCCCCC/C=C\CCCCCCCCCCCCC(=O)NC(CO)C(O)/C=C/CCCCCCCCCCCCCCC. The molecule has 0 aromatic heterocycles. The lowest BCUT2D eigenvalue weighted by atomic mass is 10.0. The summed E-state index contributed by atoms with van der Waals surface area (Å²) in [7, 11) is 0. The van der Waals surface area contributed by atoms with Crippen LogP contribution >= 0.6 is 0 Å². The smallest absolute Gasteiger partial charge is 0.305 e. The summed E-state index contributed by atoms with van der Waals surface area (Å²) in [6, 6.07) is -0.629. The number of aliphatic hydroxyl groups excluding tert-OH is 2. The first-order valence-corrected chi connectivity index (χ1v) is 34.8. The Kier molecular flexibility index (Phi) is 64.9. The third-order valence-corrected chi connectivity index (χ3v) is 16.1. The van der Waals surface area contributed by atoms with Gasteiger partial charge in [-0.15, -0.1) is 0 Å². The van der Waals surface area contributed by atoms with Crippen LogP contribution < -0.4 is 5.32 Å². The molecule has 0 aromatic carbocycles. The van der Waals surface area contributed by atoms with Gasteiger partial charge in [-0.1, -0.05) is 320 Å². The standard InChI is InChI=1S/C71H135NO5/c1-3-5-7-9-11-13-15-17-19-20-29-33-37-41-45-49-53-57-61-65-71(76)77-66-62-58-54-50-46-42-38-34-31-28-26-24-22-21-23-25-27-30-32-36-40-44-48-52-56-60-64-70(75)72-68(67-73)69(74)63-59-55-51-47-43-39-35-18-16-14-12-10-8-6-4-2/h17,19,21,23,59,63,68-69,73-74H,3-16,18,20,22,24-58,60-62,64-67H2,1-2H3,(H,72,75)/b19-17-,23-21-,63-59+. The molecular weight excluding hydrogens is 947 g/mol. The number of hydrogen-bond donors (Lipinski definition) is 3. The number of aliphatic hydroxyl groups is 2. The second-order valence-corrected chi connectivity index (χ2v) is 23.9. The van der Waals surface area contributed by atoms with Crippen molar-refractivity contribution in [2.24, 2.45) is 0 Å². The zero-order chi connectivity index (χ0) is 55.7. The van der Waals surface area contributed by atoms with Crippen molar-refractivity contribution in [3.05, 3.63) is 36.5 Å². The molecule has 0 aliphatic carbocycles. The van der Waals surface area contributed by atoms with Crippen molar-refractivity contribution >= 4 is 11.9 Å². The summed E-state index contributed by atoms with van der Waals surface area (Å²) in [6.45, 7) is 4.92. The van der Waals surface area contributed by atoms with Crippen LogP contribution in [-0.4, -0.2) is 47.4 Å². The van der Waals surface area contributed by atoms with Crippen LogP contribution in [0.4, 0.5) is 0 Å². The van der Waals surface area contributed by atoms with Gasteiger partial charge in [0.15, 0.2) is 0 Å². The Balaban J connectivity index is 3.39. The van der Waals surface area contributed by atoms with Crippen molar-refractivity contribution in [2.75, 3.05) is 13.2 Å². The summed E-state index contributed by atoms with van der Waals surface area (Å²) in [6.07, 6.45) is 85.0. The van der Waals surface area contributed by atoms with E-state index in [1.807, 2.05) is 6.08 Å². The Bertz CT molecular complexity index is 1250. The fourth-order valence-corrected chi connectivity index (χ4v) is 10.8. The number of hydrogen-bond acceptors (Lipinski definition) is 5. The van der Waals surface area contributed by atoms with Crippen LogP contribution in [0.2, 0.25) is 0 Å². The molecule has 2 atom stereocenters. The summed E-state index contributed by atoms with van der Waals surface area (Å²) in [5.41, 5.74) is 0. The van der Waals surface area contributed by atoms with E-state index in [-0.39, 0.29) is 18.5 Å². The molecule has 0 radical (unpaired) electrons. The molecule has 0 fully saturated rings. The second-order valence-electron chi connectivity index (χ2n) is 23.9. The van der Waals surface area contributed by atoms with Gasteiger partial charge in [-0.05, 0) is 83.5 Å². The van der Waals surface area contributed by atoms with Crippen molar-refractivity contribution < 1.29 is 24.5 Å². The molecule has 2 unspecified atom stereocenters. The van der Waals surface area contributed by atoms with E-state index in [2.05, 4.69) is 43.5 Å². The number of carbonyl (C=O) groups excluding carboxylic acids is 2. The number of unbranched alkanes of at least 4 members (excludes halogenated alkanes) is 50. The quantitative estimate of drug-likeness (QED) is 0.0320. The lowest BCUT2D eigenvalue weighted by molar-refractivity contribution is -0.143. The van der Waals surface area contributed by atoms with Crippen LogP contribution in [0.25, 0.3) is 0 Å². The van der Waals surface area contributed by atoms with Crippen LogP contribution in [0.3, 0.4) is 0 Å². The molecule has 6 nitrogen and oxygen atoms in total. The van der Waals surface area contributed by atoms with Gasteiger partial charge in [0.2, 0.25) is 5.91 Å². The summed E-state index contributed by atoms with van der Waals surface area (Å²) in [4.78, 5) is 24.6. The lowest BCUT2D eigenvalue weighted by Crippen LogP contribution is -2.45. The van der Waals surface area contributed by atoms with E-state index < -0.39 is 12.1 Å². The van der Waals surface area contributed by atoms with Crippen LogP contribution in [0.1, 0.15) is 380 Å². The predicted octanol–water partition coefficient (Wildman–Crippen LogP) is 22.3. The van der Waals surface area contributed by atoms with Gasteiger partial charge in [0.05, 0.1) is 25.4 Å². The van der Waals surface area contributed by atoms with Crippen molar-refractivity contribution in [3.8, 4) is 0 Å². The molecule has 3 N–H and O–H groups in total. The van der Waals surface area contributed by atoms with Crippen molar-refractivity contribution in [1.82, 2.24) is 5.32 Å². The largest absolute Gasteiger partial charge is 0.466 e. The third-order valence-electron chi connectivity index (χ3n) is 16.1. The topological polar surface area (TPSA) is 95.9 Å². The van der Waals surface area contributed by atoms with Gasteiger partial charge in [0.25, 0.3) is 0 Å². The van der Waals surface area contributed by atoms with Crippen molar-refractivity contribution in [2.45, 2.75) is 392 Å². The highest BCUT2D eigenvalue weighted by atomic mass is 16.5. The van der Waals surface area contributed by atoms with Gasteiger partial charge in [-0.2, -0.15) is 0 Å². The first kappa shape index (κ1) is 75.1. The minimum Gasteiger partial charge on any atom is -0.466 e. The fourth-order valence-electron chi connectivity index (χ4n) is 10.8. The maximum absolute atomic E-state index is 12.5. The summed E-state index contributed by atoms with van der Waals surface area (Å²) in [5, 5.41) is 23.2. The van der Waals surface area contributed by atoms with E-state index in [9.17, 15) is 19.8 Å². The lowest BCUT2D eigenvalue weighted by Gasteiger charge is -2.20. The average Bonchev–Trinajstić information content (AvgIpc) is 3.43. The maximum Gasteiger partial charge on any atom is 0.305 e. The minimum atomic E-state index is -0.846. The van der Waals surface area contributed by atoms with Gasteiger partial charge in [-0.3, -0.25) is 9.59 Å². The molecule has 0 spiro atoms. The highest BCUT2D eigenvalue weighted by Gasteiger charge is 2.18. The third kappa shape index (κ3) is 63.1. The van der Waals surface area contributed by atoms with E-state index in [0.717, 1.165) is 44.9 Å². The number of ether oxygens (including phenoxy) is 1.